The van der Waals surface area contributed by atoms with Gasteiger partial charge in [0.1, 0.15) is 0 Å². The van der Waals surface area contributed by atoms with E-state index in [1.165, 1.54) is 27.8 Å². The van der Waals surface area contributed by atoms with Gasteiger partial charge in [-0.3, -0.25) is 0 Å². The van der Waals surface area contributed by atoms with Crippen LogP contribution in [0.4, 0.5) is 0 Å². The average molecular weight is 561 g/mol. The lowest BCUT2D eigenvalue weighted by atomic mass is 9.74. The van der Waals surface area contributed by atoms with Gasteiger partial charge < -0.3 is 14.4 Å². The molecule has 218 valence electrons. The molecule has 3 aromatic carbocycles. The van der Waals surface area contributed by atoms with E-state index in [1.54, 1.807) is 19.8 Å². The van der Waals surface area contributed by atoms with Gasteiger partial charge in [-0.15, -0.1) is 0 Å². The molecule has 0 amide bonds. The van der Waals surface area contributed by atoms with Crippen molar-refractivity contribution in [3.63, 3.8) is 0 Å². The Morgan fingerprint density at radius 1 is 0.786 bits per heavy atom. The second-order valence-electron chi connectivity index (χ2n) is 11.7. The summed E-state index contributed by atoms with van der Waals surface area (Å²) >= 11 is 0. The number of rotatable bonds is 11. The molecule has 2 aliphatic rings. The fraction of sp³-hybridized carbons (Fsp3) is 0.395. The monoisotopic (exact) mass is 560 g/mol. The van der Waals surface area contributed by atoms with Crippen molar-refractivity contribution in [3.8, 4) is 17.6 Å². The molecular formula is C38H44N2O2. The number of hydrogen-bond acceptors (Lipinski definition) is 4. The predicted octanol–water partition coefficient (Wildman–Crippen LogP) is 8.91. The van der Waals surface area contributed by atoms with Crippen molar-refractivity contribution in [2.24, 2.45) is 0 Å². The largest absolute Gasteiger partial charge is 0.493 e. The summed E-state index contributed by atoms with van der Waals surface area (Å²) in [6, 6.07) is 26.4. The van der Waals surface area contributed by atoms with Crippen molar-refractivity contribution in [2.75, 3.05) is 33.9 Å². The van der Waals surface area contributed by atoms with Crippen molar-refractivity contribution >= 4 is 17.7 Å². The zero-order valence-electron chi connectivity index (χ0n) is 25.5. The normalized spacial score (nSPS) is 16.1. The van der Waals surface area contributed by atoms with Gasteiger partial charge in [-0.05, 0) is 84.2 Å². The lowest BCUT2D eigenvalue weighted by molar-refractivity contribution is 0.243. The van der Waals surface area contributed by atoms with Crippen LogP contribution >= 0.6 is 0 Å². The number of benzene rings is 3. The fourth-order valence-corrected chi connectivity index (χ4v) is 6.75. The molecule has 0 saturated carbocycles. The molecule has 1 heterocycles. The Hall–Kier alpha value is -3.81. The minimum atomic E-state index is -0.515. The smallest absolute Gasteiger partial charge is 0.161 e. The molecule has 1 atom stereocenters. The molecule has 0 N–H and O–H groups in total. The van der Waals surface area contributed by atoms with Gasteiger partial charge in [0.05, 0.1) is 25.7 Å². The molecule has 1 unspecified atom stereocenters. The SMILES string of the molecule is CCCCCC(C#N)(CCCN1CCC(=C2c3ccccc3C=Cc3ccccc32)CC1)c1ccc(OC)c(OC)c1. The van der Waals surface area contributed by atoms with Crippen molar-refractivity contribution in [2.45, 2.75) is 63.7 Å². The molecule has 0 spiro atoms. The van der Waals surface area contributed by atoms with Gasteiger partial charge in [0.25, 0.3) is 0 Å². The number of nitrogens with zero attached hydrogens (tertiary/aromatic N) is 2. The van der Waals surface area contributed by atoms with Crippen molar-refractivity contribution < 1.29 is 9.47 Å². The molecule has 1 aliphatic carbocycles. The highest BCUT2D eigenvalue weighted by Crippen LogP contribution is 2.41. The van der Waals surface area contributed by atoms with Crippen LogP contribution in [0.25, 0.3) is 17.7 Å². The molecule has 0 aromatic heterocycles. The fourth-order valence-electron chi connectivity index (χ4n) is 6.75. The van der Waals surface area contributed by atoms with Crippen LogP contribution in [0.2, 0.25) is 0 Å². The summed E-state index contributed by atoms with van der Waals surface area (Å²) in [5, 5.41) is 10.6. The maximum Gasteiger partial charge on any atom is 0.161 e. The molecule has 1 saturated heterocycles. The summed E-state index contributed by atoms with van der Waals surface area (Å²) in [6.07, 6.45) is 12.7. The Labute approximate surface area is 252 Å². The molecule has 3 aromatic rings. The third-order valence-corrected chi connectivity index (χ3v) is 9.15. The lowest BCUT2D eigenvalue weighted by Gasteiger charge is -2.32. The van der Waals surface area contributed by atoms with Crippen LogP contribution in [-0.4, -0.2) is 38.8 Å². The second kappa shape index (κ2) is 13.9. The minimum Gasteiger partial charge on any atom is -0.493 e. The first-order chi connectivity index (χ1) is 20.6. The van der Waals surface area contributed by atoms with Crippen LogP contribution in [0.5, 0.6) is 11.5 Å². The molecule has 4 heteroatoms. The van der Waals surface area contributed by atoms with Crippen LogP contribution in [0.15, 0.2) is 72.3 Å². The number of unbranched alkanes of at least 4 members (excludes halogenated alkanes) is 2. The van der Waals surface area contributed by atoms with Gasteiger partial charge in [0.15, 0.2) is 11.5 Å². The van der Waals surface area contributed by atoms with Crippen molar-refractivity contribution in [1.82, 2.24) is 4.90 Å². The number of methoxy groups -OCH3 is 2. The minimum absolute atomic E-state index is 0.515. The number of hydrogen-bond donors (Lipinski definition) is 0. The standard InChI is InChI=1S/C38H44N2O2/c1-4-5-10-22-38(28-39,32-18-19-35(41-2)36(27-32)42-3)23-11-24-40-25-20-31(21-26-40)37-33-14-8-6-12-29(33)16-17-30-13-7-9-15-34(30)37/h6-9,12-19,27H,4-5,10-11,20-26H2,1-3H3. The predicted molar refractivity (Wildman–Crippen MR) is 174 cm³/mol. The molecule has 5 rings (SSSR count). The van der Waals surface area contributed by atoms with Crippen molar-refractivity contribution in [1.29, 1.82) is 5.26 Å². The first kappa shape index (κ1) is 29.7. The summed E-state index contributed by atoms with van der Waals surface area (Å²) in [5.74, 6) is 1.40. The molecule has 0 radical (unpaired) electrons. The number of nitriles is 1. The van der Waals surface area contributed by atoms with Crippen LogP contribution < -0.4 is 9.47 Å². The maximum absolute atomic E-state index is 10.6. The Morgan fingerprint density at radius 2 is 1.40 bits per heavy atom. The number of piperidine rings is 1. The first-order valence-corrected chi connectivity index (χ1v) is 15.6. The van der Waals surface area contributed by atoms with Gasteiger partial charge in [-0.1, -0.05) is 98.5 Å². The molecule has 4 nitrogen and oxygen atoms in total. The Morgan fingerprint density at radius 3 is 2.00 bits per heavy atom. The summed E-state index contributed by atoms with van der Waals surface area (Å²) < 4.78 is 11.1. The molecular weight excluding hydrogens is 516 g/mol. The third kappa shape index (κ3) is 6.32. The van der Waals surface area contributed by atoms with Crippen LogP contribution in [0.3, 0.4) is 0 Å². The summed E-state index contributed by atoms with van der Waals surface area (Å²) in [6.45, 7) is 5.35. The zero-order chi connectivity index (χ0) is 29.4. The number of fused-ring (bicyclic) bond motifs is 2. The van der Waals surface area contributed by atoms with E-state index in [2.05, 4.69) is 84.6 Å². The van der Waals surface area contributed by atoms with Gasteiger partial charge in [-0.25, -0.2) is 0 Å². The van der Waals surface area contributed by atoms with E-state index in [9.17, 15) is 5.26 Å². The van der Waals surface area contributed by atoms with E-state index in [0.29, 0.717) is 11.5 Å². The Balaban J connectivity index is 1.30. The third-order valence-electron chi connectivity index (χ3n) is 9.15. The van der Waals surface area contributed by atoms with E-state index in [-0.39, 0.29) is 0 Å². The lowest BCUT2D eigenvalue weighted by Crippen LogP contribution is -2.33. The van der Waals surface area contributed by atoms with Crippen LogP contribution in [0.1, 0.15) is 86.1 Å². The van der Waals surface area contributed by atoms with Gasteiger partial charge >= 0.3 is 0 Å². The highest BCUT2D eigenvalue weighted by atomic mass is 16.5. The van der Waals surface area contributed by atoms with E-state index in [1.807, 2.05) is 12.1 Å². The van der Waals surface area contributed by atoms with E-state index >= 15 is 0 Å². The highest BCUT2D eigenvalue weighted by molar-refractivity contribution is 5.94. The number of likely N-dealkylation sites (tertiary alicyclic amines) is 1. The molecule has 42 heavy (non-hydrogen) atoms. The van der Waals surface area contributed by atoms with E-state index in [4.69, 9.17) is 9.47 Å². The van der Waals surface area contributed by atoms with Crippen LogP contribution in [-0.2, 0) is 5.41 Å². The molecule has 0 bridgehead atoms. The van der Waals surface area contributed by atoms with E-state index in [0.717, 1.165) is 76.6 Å². The van der Waals surface area contributed by atoms with E-state index < -0.39 is 5.41 Å². The average Bonchev–Trinajstić information content (AvgIpc) is 3.21. The summed E-state index contributed by atoms with van der Waals surface area (Å²) in [7, 11) is 3.32. The summed E-state index contributed by atoms with van der Waals surface area (Å²) in [5.41, 5.74) is 8.81. The van der Waals surface area contributed by atoms with Crippen molar-refractivity contribution in [3.05, 3.63) is 100 Å². The highest BCUT2D eigenvalue weighted by Gasteiger charge is 2.33. The van der Waals surface area contributed by atoms with Crippen LogP contribution in [0, 0.1) is 11.3 Å². The topological polar surface area (TPSA) is 45.5 Å². The summed E-state index contributed by atoms with van der Waals surface area (Å²) in [4.78, 5) is 2.60. The molecule has 1 fully saturated rings. The van der Waals surface area contributed by atoms with Gasteiger partial charge in [0.2, 0.25) is 0 Å². The second-order valence-corrected chi connectivity index (χ2v) is 11.7. The Bertz CT molecular complexity index is 1420. The first-order valence-electron chi connectivity index (χ1n) is 15.6. The Kier molecular flexibility index (Phi) is 9.82. The quantitative estimate of drug-likeness (QED) is 0.172. The van der Waals surface area contributed by atoms with Gasteiger partial charge in [0, 0.05) is 13.1 Å². The maximum atomic E-state index is 10.6. The van der Waals surface area contributed by atoms with Gasteiger partial charge in [-0.2, -0.15) is 5.26 Å². The number of ether oxygens (including phenoxy) is 2. The zero-order valence-corrected chi connectivity index (χ0v) is 25.5. The molecule has 1 aliphatic heterocycles.